The number of benzene rings is 1. The van der Waals surface area contributed by atoms with Crippen molar-refractivity contribution < 1.29 is 4.74 Å². The molecular weight excluding hydrogens is 289 g/mol. The Bertz CT molecular complexity index is 395. The van der Waals surface area contributed by atoms with Crippen molar-refractivity contribution in [2.75, 3.05) is 11.9 Å². The number of anilines is 1. The van der Waals surface area contributed by atoms with Gasteiger partial charge in [-0.05, 0) is 37.1 Å². The Morgan fingerprint density at radius 1 is 1.50 bits per heavy atom. The lowest BCUT2D eigenvalue weighted by molar-refractivity contribution is 0.135. The standard InChI is InChI=1S/C12H13BrClNO/c13-9-4-5-11(14)12(7-9)15-8-10-3-1-2-6-16-10/h2,4-7,10,15H,1,3,8H2. The van der Waals surface area contributed by atoms with Crippen molar-refractivity contribution in [3.8, 4) is 0 Å². The predicted molar refractivity (Wildman–Crippen MR) is 70.9 cm³/mol. The van der Waals surface area contributed by atoms with Gasteiger partial charge in [0.15, 0.2) is 0 Å². The third-order valence-electron chi connectivity index (χ3n) is 2.47. The van der Waals surface area contributed by atoms with Gasteiger partial charge in [-0.2, -0.15) is 0 Å². The van der Waals surface area contributed by atoms with Crippen LogP contribution in [0, 0.1) is 0 Å². The van der Waals surface area contributed by atoms with Crippen molar-refractivity contribution in [1.82, 2.24) is 0 Å². The molecular formula is C12H13BrClNO. The molecule has 1 aromatic rings. The maximum atomic E-state index is 6.08. The van der Waals surface area contributed by atoms with Crippen LogP contribution < -0.4 is 5.32 Å². The predicted octanol–water partition coefficient (Wildman–Crippen LogP) is 4.21. The van der Waals surface area contributed by atoms with Crippen LogP contribution in [0.15, 0.2) is 35.0 Å². The lowest BCUT2D eigenvalue weighted by atomic mass is 10.1. The minimum Gasteiger partial charge on any atom is -0.497 e. The summed E-state index contributed by atoms with van der Waals surface area (Å²) in [4.78, 5) is 0. The molecule has 1 unspecified atom stereocenters. The maximum absolute atomic E-state index is 6.08. The van der Waals surface area contributed by atoms with Crippen LogP contribution >= 0.6 is 27.5 Å². The number of halogens is 2. The Morgan fingerprint density at radius 3 is 3.12 bits per heavy atom. The van der Waals surface area contributed by atoms with Gasteiger partial charge in [-0.25, -0.2) is 0 Å². The van der Waals surface area contributed by atoms with Gasteiger partial charge in [0.05, 0.1) is 23.5 Å². The summed E-state index contributed by atoms with van der Waals surface area (Å²) < 4.78 is 6.49. The van der Waals surface area contributed by atoms with E-state index in [4.69, 9.17) is 16.3 Å². The summed E-state index contributed by atoms with van der Waals surface area (Å²) >= 11 is 9.50. The molecule has 0 spiro atoms. The van der Waals surface area contributed by atoms with Crippen molar-refractivity contribution in [3.63, 3.8) is 0 Å². The van der Waals surface area contributed by atoms with E-state index in [0.717, 1.165) is 34.6 Å². The monoisotopic (exact) mass is 301 g/mol. The third kappa shape index (κ3) is 3.16. The molecule has 1 N–H and O–H groups in total. The summed E-state index contributed by atoms with van der Waals surface area (Å²) in [6, 6.07) is 5.77. The van der Waals surface area contributed by atoms with Crippen LogP contribution in [0.25, 0.3) is 0 Å². The minimum absolute atomic E-state index is 0.236. The zero-order chi connectivity index (χ0) is 11.4. The molecule has 1 aliphatic rings. The summed E-state index contributed by atoms with van der Waals surface area (Å²) in [7, 11) is 0. The molecule has 1 aliphatic heterocycles. The van der Waals surface area contributed by atoms with E-state index in [0.29, 0.717) is 0 Å². The molecule has 86 valence electrons. The maximum Gasteiger partial charge on any atom is 0.115 e. The molecule has 0 saturated heterocycles. The topological polar surface area (TPSA) is 21.3 Å². The Labute approximate surface area is 109 Å². The molecule has 0 saturated carbocycles. The highest BCUT2D eigenvalue weighted by atomic mass is 79.9. The molecule has 1 atom stereocenters. The van der Waals surface area contributed by atoms with E-state index in [2.05, 4.69) is 21.2 Å². The zero-order valence-electron chi connectivity index (χ0n) is 8.75. The summed E-state index contributed by atoms with van der Waals surface area (Å²) in [5, 5.41) is 4.03. The zero-order valence-corrected chi connectivity index (χ0v) is 11.1. The Kier molecular flexibility index (Phi) is 4.13. The number of allylic oxidation sites excluding steroid dienone is 1. The van der Waals surface area contributed by atoms with E-state index < -0.39 is 0 Å². The van der Waals surface area contributed by atoms with E-state index in [1.807, 2.05) is 24.3 Å². The van der Waals surface area contributed by atoms with Crippen LogP contribution in [0.4, 0.5) is 5.69 Å². The summed E-state index contributed by atoms with van der Waals surface area (Å²) in [6.07, 6.45) is 6.19. The fraction of sp³-hybridized carbons (Fsp3) is 0.333. The molecule has 4 heteroatoms. The molecule has 1 aromatic carbocycles. The molecule has 2 nitrogen and oxygen atoms in total. The van der Waals surface area contributed by atoms with Crippen LogP contribution in [-0.2, 0) is 4.74 Å². The van der Waals surface area contributed by atoms with Gasteiger partial charge < -0.3 is 10.1 Å². The number of hydrogen-bond acceptors (Lipinski definition) is 2. The second kappa shape index (κ2) is 5.60. The molecule has 16 heavy (non-hydrogen) atoms. The highest BCUT2D eigenvalue weighted by Gasteiger charge is 2.11. The largest absolute Gasteiger partial charge is 0.497 e. The van der Waals surface area contributed by atoms with E-state index in [-0.39, 0.29) is 6.10 Å². The second-order valence-corrected chi connectivity index (χ2v) is 5.04. The van der Waals surface area contributed by atoms with Gasteiger partial charge in [-0.1, -0.05) is 27.5 Å². The number of hydrogen-bond donors (Lipinski definition) is 1. The van der Waals surface area contributed by atoms with Gasteiger partial charge in [-0.3, -0.25) is 0 Å². The molecule has 0 fully saturated rings. The molecule has 1 heterocycles. The molecule has 0 bridgehead atoms. The van der Waals surface area contributed by atoms with Gasteiger partial charge in [0, 0.05) is 4.47 Å². The average Bonchev–Trinajstić information content (AvgIpc) is 2.32. The van der Waals surface area contributed by atoms with Gasteiger partial charge in [-0.15, -0.1) is 0 Å². The van der Waals surface area contributed by atoms with Crippen molar-refractivity contribution >= 4 is 33.2 Å². The highest BCUT2D eigenvalue weighted by Crippen LogP contribution is 2.26. The Morgan fingerprint density at radius 2 is 2.38 bits per heavy atom. The summed E-state index contributed by atoms with van der Waals surface area (Å²) in [5.41, 5.74) is 0.939. The van der Waals surface area contributed by atoms with Gasteiger partial charge in [0.1, 0.15) is 6.10 Å². The second-order valence-electron chi connectivity index (χ2n) is 3.71. The number of rotatable bonds is 3. The SMILES string of the molecule is Clc1ccc(Br)cc1NCC1CCC=CO1. The first-order valence-corrected chi connectivity index (χ1v) is 6.42. The normalized spacial score (nSPS) is 19.2. The number of nitrogens with one attached hydrogen (secondary N) is 1. The first-order valence-electron chi connectivity index (χ1n) is 5.25. The van der Waals surface area contributed by atoms with Crippen LogP contribution in [0.1, 0.15) is 12.8 Å². The Hall–Kier alpha value is -0.670. The molecule has 0 aromatic heterocycles. The average molecular weight is 303 g/mol. The van der Waals surface area contributed by atoms with Crippen LogP contribution in [0.3, 0.4) is 0 Å². The summed E-state index contributed by atoms with van der Waals surface area (Å²) in [5.74, 6) is 0. The molecule has 0 aliphatic carbocycles. The van der Waals surface area contributed by atoms with Crippen molar-refractivity contribution in [2.45, 2.75) is 18.9 Å². The number of ether oxygens (including phenoxy) is 1. The highest BCUT2D eigenvalue weighted by molar-refractivity contribution is 9.10. The van der Waals surface area contributed by atoms with E-state index in [1.165, 1.54) is 0 Å². The minimum atomic E-state index is 0.236. The van der Waals surface area contributed by atoms with Crippen LogP contribution in [0.2, 0.25) is 5.02 Å². The summed E-state index contributed by atoms with van der Waals surface area (Å²) in [6.45, 7) is 0.778. The first kappa shape index (κ1) is 11.8. The van der Waals surface area contributed by atoms with E-state index >= 15 is 0 Å². The van der Waals surface area contributed by atoms with Crippen molar-refractivity contribution in [3.05, 3.63) is 40.0 Å². The molecule has 0 radical (unpaired) electrons. The lowest BCUT2D eigenvalue weighted by Crippen LogP contribution is -2.23. The van der Waals surface area contributed by atoms with E-state index in [9.17, 15) is 0 Å². The third-order valence-corrected chi connectivity index (χ3v) is 3.29. The lowest BCUT2D eigenvalue weighted by Gasteiger charge is -2.20. The molecule has 0 amide bonds. The van der Waals surface area contributed by atoms with Crippen LogP contribution in [0.5, 0.6) is 0 Å². The van der Waals surface area contributed by atoms with Crippen molar-refractivity contribution in [2.24, 2.45) is 0 Å². The van der Waals surface area contributed by atoms with Gasteiger partial charge >= 0.3 is 0 Å². The van der Waals surface area contributed by atoms with E-state index in [1.54, 1.807) is 6.26 Å². The molecule has 2 rings (SSSR count). The quantitative estimate of drug-likeness (QED) is 0.903. The van der Waals surface area contributed by atoms with Gasteiger partial charge in [0.25, 0.3) is 0 Å². The fourth-order valence-electron chi connectivity index (χ4n) is 1.59. The fourth-order valence-corrected chi connectivity index (χ4v) is 2.14. The Balaban J connectivity index is 1.93. The van der Waals surface area contributed by atoms with Crippen molar-refractivity contribution in [1.29, 1.82) is 0 Å². The van der Waals surface area contributed by atoms with Crippen LogP contribution in [-0.4, -0.2) is 12.6 Å². The first-order chi connectivity index (χ1) is 7.75. The smallest absolute Gasteiger partial charge is 0.115 e. The van der Waals surface area contributed by atoms with Gasteiger partial charge in [0.2, 0.25) is 0 Å².